The Balaban J connectivity index is 2.35. The zero-order valence-corrected chi connectivity index (χ0v) is 14.4. The zero-order chi connectivity index (χ0) is 14.9. The molecule has 2 rings (SSSR count). The minimum atomic E-state index is -0.310. The van der Waals surface area contributed by atoms with Crippen LogP contribution in [0.3, 0.4) is 0 Å². The van der Waals surface area contributed by atoms with Crippen molar-refractivity contribution in [2.75, 3.05) is 11.1 Å². The molecule has 0 fully saturated rings. The summed E-state index contributed by atoms with van der Waals surface area (Å²) in [5.41, 5.74) is 8.25. The largest absolute Gasteiger partial charge is 0.398 e. The minimum absolute atomic E-state index is 0.310. The smallest absolute Gasteiger partial charge is 0.257 e. The van der Waals surface area contributed by atoms with Gasteiger partial charge in [0.25, 0.3) is 5.91 Å². The maximum absolute atomic E-state index is 12.3. The van der Waals surface area contributed by atoms with Crippen molar-refractivity contribution < 1.29 is 4.79 Å². The molecule has 2 aromatic carbocycles. The van der Waals surface area contributed by atoms with Crippen molar-refractivity contribution in [3.05, 3.63) is 55.4 Å². The van der Waals surface area contributed by atoms with Crippen molar-refractivity contribution >= 4 is 60.7 Å². The summed E-state index contributed by atoms with van der Waals surface area (Å²) in [6, 6.07) is 8.63. The van der Waals surface area contributed by atoms with E-state index in [1.807, 2.05) is 19.1 Å². The number of anilines is 2. The van der Waals surface area contributed by atoms with Crippen LogP contribution in [0.25, 0.3) is 0 Å². The van der Waals surface area contributed by atoms with Gasteiger partial charge in [-0.2, -0.15) is 0 Å². The first-order chi connectivity index (χ1) is 9.38. The van der Waals surface area contributed by atoms with Crippen LogP contribution >= 0.6 is 43.5 Å². The summed E-state index contributed by atoms with van der Waals surface area (Å²) >= 11 is 12.8. The van der Waals surface area contributed by atoms with Crippen molar-refractivity contribution in [3.63, 3.8) is 0 Å². The lowest BCUT2D eigenvalue weighted by molar-refractivity contribution is 0.102. The van der Waals surface area contributed by atoms with Crippen LogP contribution in [0, 0.1) is 6.92 Å². The third kappa shape index (κ3) is 3.34. The lowest BCUT2D eigenvalue weighted by Crippen LogP contribution is -2.14. The first kappa shape index (κ1) is 15.4. The van der Waals surface area contributed by atoms with Gasteiger partial charge in [-0.3, -0.25) is 4.79 Å². The van der Waals surface area contributed by atoms with E-state index in [1.54, 1.807) is 18.2 Å². The molecule has 0 aliphatic heterocycles. The van der Waals surface area contributed by atoms with E-state index in [1.165, 1.54) is 0 Å². The van der Waals surface area contributed by atoms with Gasteiger partial charge in [-0.25, -0.2) is 0 Å². The number of amides is 1. The predicted molar refractivity (Wildman–Crippen MR) is 90.4 cm³/mol. The fourth-order valence-corrected chi connectivity index (χ4v) is 3.51. The molecular weight excluding hydrogens is 407 g/mol. The van der Waals surface area contributed by atoms with Gasteiger partial charge in [-0.05, 0) is 74.7 Å². The van der Waals surface area contributed by atoms with E-state index in [2.05, 4.69) is 37.2 Å². The average Bonchev–Trinajstić information content (AvgIpc) is 2.36. The number of hydrogen-bond acceptors (Lipinski definition) is 2. The fraction of sp³-hybridized carbons (Fsp3) is 0.0714. The van der Waals surface area contributed by atoms with E-state index in [0.29, 0.717) is 22.0 Å². The molecule has 0 saturated heterocycles. The molecule has 0 atom stereocenters. The van der Waals surface area contributed by atoms with Gasteiger partial charge in [0.2, 0.25) is 0 Å². The van der Waals surface area contributed by atoms with Crippen molar-refractivity contribution in [1.82, 2.24) is 0 Å². The Labute approximate surface area is 138 Å². The second kappa shape index (κ2) is 6.16. The van der Waals surface area contributed by atoms with Crippen LogP contribution in [0.15, 0.2) is 39.3 Å². The molecule has 0 aromatic heterocycles. The number of halogens is 3. The van der Waals surface area contributed by atoms with Crippen LogP contribution in [-0.2, 0) is 0 Å². The van der Waals surface area contributed by atoms with Gasteiger partial charge in [0.05, 0.1) is 11.3 Å². The van der Waals surface area contributed by atoms with Crippen molar-refractivity contribution in [2.24, 2.45) is 0 Å². The molecule has 0 unspecified atom stereocenters. The number of carbonyl (C=O) groups excluding carboxylic acids is 1. The molecule has 3 nitrogen and oxygen atoms in total. The maximum atomic E-state index is 12.3. The van der Waals surface area contributed by atoms with Crippen molar-refractivity contribution in [3.8, 4) is 0 Å². The van der Waals surface area contributed by atoms with E-state index in [9.17, 15) is 4.79 Å². The molecule has 2 aromatic rings. The standard InChI is InChI=1S/C14H11Br2ClN2O/c1-7-4-10(15)13(11(16)5-7)19-14(20)9-6-8(17)2-3-12(9)18/h2-6H,18H2,1H3,(H,19,20). The first-order valence-corrected chi connectivity index (χ1v) is 7.67. The molecule has 0 heterocycles. The van der Waals surface area contributed by atoms with Gasteiger partial charge in [0, 0.05) is 19.7 Å². The Bertz CT molecular complexity index is 666. The summed E-state index contributed by atoms with van der Waals surface area (Å²) in [6.45, 7) is 1.97. The highest BCUT2D eigenvalue weighted by Crippen LogP contribution is 2.33. The van der Waals surface area contributed by atoms with Crippen molar-refractivity contribution in [1.29, 1.82) is 0 Å². The Morgan fingerprint density at radius 2 is 1.80 bits per heavy atom. The Morgan fingerprint density at radius 1 is 1.20 bits per heavy atom. The number of aryl methyl sites for hydroxylation is 1. The number of rotatable bonds is 2. The van der Waals surface area contributed by atoms with E-state index in [4.69, 9.17) is 17.3 Å². The summed E-state index contributed by atoms with van der Waals surface area (Å²) in [6.07, 6.45) is 0. The molecule has 0 aliphatic carbocycles. The van der Waals surface area contributed by atoms with Gasteiger partial charge in [0.15, 0.2) is 0 Å². The topological polar surface area (TPSA) is 55.1 Å². The van der Waals surface area contributed by atoms with Gasteiger partial charge in [-0.15, -0.1) is 0 Å². The summed E-state index contributed by atoms with van der Waals surface area (Å²) < 4.78 is 1.58. The Kier molecular flexibility index (Phi) is 4.73. The van der Waals surface area contributed by atoms with Crippen molar-refractivity contribution in [2.45, 2.75) is 6.92 Å². The SMILES string of the molecule is Cc1cc(Br)c(NC(=O)c2cc(Cl)ccc2N)c(Br)c1. The average molecular weight is 419 g/mol. The van der Waals surface area contributed by atoms with E-state index in [-0.39, 0.29) is 5.91 Å². The highest BCUT2D eigenvalue weighted by Gasteiger charge is 2.14. The third-order valence-corrected chi connectivity index (χ3v) is 4.17. The zero-order valence-electron chi connectivity index (χ0n) is 10.5. The van der Waals surface area contributed by atoms with E-state index >= 15 is 0 Å². The monoisotopic (exact) mass is 416 g/mol. The van der Waals surface area contributed by atoms with Gasteiger partial charge >= 0.3 is 0 Å². The van der Waals surface area contributed by atoms with Gasteiger partial charge in [-0.1, -0.05) is 11.6 Å². The molecule has 1 amide bonds. The highest BCUT2D eigenvalue weighted by atomic mass is 79.9. The number of benzene rings is 2. The molecule has 104 valence electrons. The minimum Gasteiger partial charge on any atom is -0.398 e. The molecule has 0 aliphatic rings. The second-order valence-corrected chi connectivity index (χ2v) is 6.43. The predicted octanol–water partition coefficient (Wildman–Crippen LogP) is 5.01. The molecule has 20 heavy (non-hydrogen) atoms. The highest BCUT2D eigenvalue weighted by molar-refractivity contribution is 9.11. The number of hydrogen-bond donors (Lipinski definition) is 2. The molecule has 0 spiro atoms. The van der Waals surface area contributed by atoms with Crippen LogP contribution in [0.1, 0.15) is 15.9 Å². The lowest BCUT2D eigenvalue weighted by Gasteiger charge is -2.12. The van der Waals surface area contributed by atoms with E-state index < -0.39 is 0 Å². The molecular formula is C14H11Br2ClN2O. The van der Waals surface area contributed by atoms with Crippen LogP contribution in [0.5, 0.6) is 0 Å². The van der Waals surface area contributed by atoms with Gasteiger partial charge in [0.1, 0.15) is 0 Å². The lowest BCUT2D eigenvalue weighted by atomic mass is 10.1. The summed E-state index contributed by atoms with van der Waals surface area (Å²) in [5.74, 6) is -0.310. The number of nitrogen functional groups attached to an aromatic ring is 1. The summed E-state index contributed by atoms with van der Waals surface area (Å²) in [5, 5.41) is 3.28. The first-order valence-electron chi connectivity index (χ1n) is 5.70. The molecule has 0 radical (unpaired) electrons. The summed E-state index contributed by atoms with van der Waals surface area (Å²) in [4.78, 5) is 12.3. The van der Waals surface area contributed by atoms with Gasteiger partial charge < -0.3 is 11.1 Å². The molecule has 0 saturated carbocycles. The second-order valence-electron chi connectivity index (χ2n) is 4.29. The quantitative estimate of drug-likeness (QED) is 0.674. The summed E-state index contributed by atoms with van der Waals surface area (Å²) in [7, 11) is 0. The third-order valence-electron chi connectivity index (χ3n) is 2.68. The van der Waals surface area contributed by atoms with Crippen LogP contribution in [-0.4, -0.2) is 5.91 Å². The number of nitrogens with one attached hydrogen (secondary N) is 1. The fourth-order valence-electron chi connectivity index (χ4n) is 1.73. The number of nitrogens with two attached hydrogens (primary N) is 1. The normalized spacial score (nSPS) is 10.4. The van der Waals surface area contributed by atoms with E-state index in [0.717, 1.165) is 14.5 Å². The Morgan fingerprint density at radius 3 is 2.40 bits per heavy atom. The molecule has 0 bridgehead atoms. The molecule has 3 N–H and O–H groups in total. The van der Waals surface area contributed by atoms with Crippen LogP contribution in [0.4, 0.5) is 11.4 Å². The molecule has 6 heteroatoms. The Hall–Kier alpha value is -1.04. The van der Waals surface area contributed by atoms with Crippen LogP contribution < -0.4 is 11.1 Å². The maximum Gasteiger partial charge on any atom is 0.257 e. The number of carbonyl (C=O) groups is 1. The van der Waals surface area contributed by atoms with Crippen LogP contribution in [0.2, 0.25) is 5.02 Å².